The molecular weight excluding hydrogens is 288 g/mol. The summed E-state index contributed by atoms with van der Waals surface area (Å²) in [6.45, 7) is 1.79. The van der Waals surface area contributed by atoms with E-state index in [0.29, 0.717) is 22.1 Å². The summed E-state index contributed by atoms with van der Waals surface area (Å²) in [7, 11) is 0. The molecule has 0 bridgehead atoms. The largest absolute Gasteiger partial charge is 0.508 e. The summed E-state index contributed by atoms with van der Waals surface area (Å²) in [5.74, 6) is 0.751. The van der Waals surface area contributed by atoms with Crippen molar-refractivity contribution in [3.05, 3.63) is 39.3 Å². The highest BCUT2D eigenvalue weighted by Crippen LogP contribution is 2.34. The molecule has 1 saturated carbocycles. The van der Waals surface area contributed by atoms with E-state index in [9.17, 15) is 14.7 Å². The summed E-state index contributed by atoms with van der Waals surface area (Å²) >= 11 is 1.23. The molecule has 1 N–H and O–H groups in total. The Morgan fingerprint density at radius 2 is 2.29 bits per heavy atom. The molecule has 3 rings (SSSR count). The molecule has 0 spiro atoms. The van der Waals surface area contributed by atoms with E-state index in [1.54, 1.807) is 6.92 Å². The van der Waals surface area contributed by atoms with Gasteiger partial charge in [0.1, 0.15) is 5.75 Å². The van der Waals surface area contributed by atoms with Gasteiger partial charge in [0.15, 0.2) is 10.9 Å². The van der Waals surface area contributed by atoms with Gasteiger partial charge in [0.2, 0.25) is 0 Å². The third-order valence-corrected chi connectivity index (χ3v) is 4.82. The van der Waals surface area contributed by atoms with Crippen LogP contribution in [0, 0.1) is 12.8 Å². The second kappa shape index (κ2) is 5.44. The van der Waals surface area contributed by atoms with Crippen LogP contribution in [0.15, 0.2) is 23.1 Å². The van der Waals surface area contributed by atoms with Gasteiger partial charge in [-0.25, -0.2) is 4.98 Å². The van der Waals surface area contributed by atoms with Crippen molar-refractivity contribution in [1.82, 2.24) is 9.55 Å². The molecule has 21 heavy (non-hydrogen) atoms. The van der Waals surface area contributed by atoms with Crippen LogP contribution in [0.3, 0.4) is 0 Å². The van der Waals surface area contributed by atoms with Crippen molar-refractivity contribution in [1.29, 1.82) is 0 Å². The standard InChI is InChI=1S/C15H16N2O3S/c1-9-14(12(19)5-4-10-2-3-10)21-15(16-9)17-7-6-11(18)8-13(17)20/h6-8,10,18H,2-5H2,1H3. The van der Waals surface area contributed by atoms with Crippen molar-refractivity contribution in [2.24, 2.45) is 5.92 Å². The molecule has 0 saturated heterocycles. The molecule has 0 aliphatic heterocycles. The van der Waals surface area contributed by atoms with Gasteiger partial charge < -0.3 is 5.11 Å². The van der Waals surface area contributed by atoms with Crippen molar-refractivity contribution < 1.29 is 9.90 Å². The Labute approximate surface area is 125 Å². The minimum absolute atomic E-state index is 0.0785. The molecule has 0 unspecified atom stereocenters. The zero-order valence-electron chi connectivity index (χ0n) is 11.7. The van der Waals surface area contributed by atoms with E-state index in [-0.39, 0.29) is 17.1 Å². The summed E-state index contributed by atoms with van der Waals surface area (Å²) in [5, 5.41) is 9.74. The molecule has 1 aliphatic carbocycles. The molecule has 5 nitrogen and oxygen atoms in total. The molecular formula is C15H16N2O3S. The van der Waals surface area contributed by atoms with E-state index in [2.05, 4.69) is 4.98 Å². The molecule has 1 fully saturated rings. The van der Waals surface area contributed by atoms with Crippen molar-refractivity contribution in [2.45, 2.75) is 32.6 Å². The fourth-order valence-corrected chi connectivity index (χ4v) is 3.25. The Morgan fingerprint density at radius 1 is 1.52 bits per heavy atom. The van der Waals surface area contributed by atoms with Gasteiger partial charge in [-0.2, -0.15) is 0 Å². The number of aryl methyl sites for hydroxylation is 1. The number of aromatic nitrogens is 2. The van der Waals surface area contributed by atoms with Gasteiger partial charge in [-0.05, 0) is 25.3 Å². The van der Waals surface area contributed by atoms with Gasteiger partial charge in [-0.1, -0.05) is 24.2 Å². The number of aromatic hydroxyl groups is 1. The quantitative estimate of drug-likeness (QED) is 0.862. The Bertz CT molecular complexity index is 744. The van der Waals surface area contributed by atoms with E-state index < -0.39 is 0 Å². The average molecular weight is 304 g/mol. The molecule has 0 aromatic carbocycles. The maximum atomic E-state index is 12.2. The molecule has 0 radical (unpaired) electrons. The van der Waals surface area contributed by atoms with Crippen LogP contribution in [0.1, 0.15) is 41.0 Å². The number of Topliss-reactive ketones (excluding diaryl/α,β-unsaturated/α-hetero) is 1. The highest BCUT2D eigenvalue weighted by Gasteiger charge is 2.24. The highest BCUT2D eigenvalue weighted by atomic mass is 32.1. The molecule has 110 valence electrons. The third-order valence-electron chi connectivity index (χ3n) is 3.62. The molecule has 0 atom stereocenters. The minimum atomic E-state index is -0.360. The number of ketones is 1. The fourth-order valence-electron chi connectivity index (χ4n) is 2.23. The first-order valence-electron chi connectivity index (χ1n) is 6.97. The highest BCUT2D eigenvalue weighted by molar-refractivity contribution is 7.16. The van der Waals surface area contributed by atoms with Crippen LogP contribution in [0.4, 0.5) is 0 Å². The molecule has 6 heteroatoms. The van der Waals surface area contributed by atoms with Crippen LogP contribution in [0.2, 0.25) is 0 Å². The second-order valence-corrected chi connectivity index (χ2v) is 6.39. The molecule has 0 amide bonds. The van der Waals surface area contributed by atoms with Gasteiger partial charge in [0.25, 0.3) is 5.56 Å². The van der Waals surface area contributed by atoms with Crippen LogP contribution in [-0.4, -0.2) is 20.4 Å². The van der Waals surface area contributed by atoms with E-state index in [1.165, 1.54) is 41.0 Å². The van der Waals surface area contributed by atoms with Crippen LogP contribution in [0.25, 0.3) is 5.13 Å². The lowest BCUT2D eigenvalue weighted by atomic mass is 10.1. The molecule has 2 aromatic heterocycles. The summed E-state index contributed by atoms with van der Waals surface area (Å²) in [6, 6.07) is 2.55. The van der Waals surface area contributed by atoms with E-state index >= 15 is 0 Å². The summed E-state index contributed by atoms with van der Waals surface area (Å²) in [6.07, 6.45) is 5.45. The number of nitrogens with zero attached hydrogens (tertiary/aromatic N) is 2. The van der Waals surface area contributed by atoms with Gasteiger partial charge in [-0.15, -0.1) is 0 Å². The average Bonchev–Trinajstić information content (AvgIpc) is 3.18. The van der Waals surface area contributed by atoms with Crippen molar-refractivity contribution in [3.63, 3.8) is 0 Å². The topological polar surface area (TPSA) is 72.2 Å². The van der Waals surface area contributed by atoms with E-state index in [4.69, 9.17) is 0 Å². The SMILES string of the molecule is Cc1nc(-n2ccc(O)cc2=O)sc1C(=O)CCC1CC1. The first-order valence-corrected chi connectivity index (χ1v) is 7.79. The lowest BCUT2D eigenvalue weighted by molar-refractivity contribution is 0.0981. The number of hydrogen-bond acceptors (Lipinski definition) is 5. The Hall–Kier alpha value is -1.95. The Kier molecular flexibility index (Phi) is 3.63. The summed E-state index contributed by atoms with van der Waals surface area (Å²) < 4.78 is 1.34. The van der Waals surface area contributed by atoms with Crippen LogP contribution in [0.5, 0.6) is 5.75 Å². The maximum Gasteiger partial charge on any atom is 0.260 e. The first kappa shape index (κ1) is 14.0. The smallest absolute Gasteiger partial charge is 0.260 e. The van der Waals surface area contributed by atoms with Crippen molar-refractivity contribution >= 4 is 17.1 Å². The maximum absolute atomic E-state index is 12.2. The zero-order chi connectivity index (χ0) is 15.0. The molecule has 2 aromatic rings. The summed E-state index contributed by atoms with van der Waals surface area (Å²) in [4.78, 5) is 29.0. The third kappa shape index (κ3) is 3.05. The van der Waals surface area contributed by atoms with Crippen LogP contribution in [-0.2, 0) is 0 Å². The van der Waals surface area contributed by atoms with Crippen molar-refractivity contribution in [2.75, 3.05) is 0 Å². The molecule has 1 aliphatic rings. The predicted molar refractivity (Wildman–Crippen MR) is 80.4 cm³/mol. The minimum Gasteiger partial charge on any atom is -0.508 e. The lowest BCUT2D eigenvalue weighted by Crippen LogP contribution is -2.15. The van der Waals surface area contributed by atoms with Crippen molar-refractivity contribution in [3.8, 4) is 10.9 Å². The number of thiazole rings is 1. The van der Waals surface area contributed by atoms with Gasteiger partial charge >= 0.3 is 0 Å². The van der Waals surface area contributed by atoms with E-state index in [1.807, 2.05) is 0 Å². The number of carbonyl (C=O) groups is 1. The number of carbonyl (C=O) groups excluding carboxylic acids is 1. The van der Waals surface area contributed by atoms with Crippen LogP contribution >= 0.6 is 11.3 Å². The zero-order valence-corrected chi connectivity index (χ0v) is 12.5. The van der Waals surface area contributed by atoms with E-state index in [0.717, 1.165) is 18.4 Å². The van der Waals surface area contributed by atoms with Gasteiger partial charge in [0, 0.05) is 18.7 Å². The van der Waals surface area contributed by atoms with Crippen LogP contribution < -0.4 is 5.56 Å². The number of pyridine rings is 1. The normalized spacial score (nSPS) is 14.3. The fraction of sp³-hybridized carbons (Fsp3) is 0.400. The monoisotopic (exact) mass is 304 g/mol. The second-order valence-electron chi connectivity index (χ2n) is 5.41. The summed E-state index contributed by atoms with van der Waals surface area (Å²) in [5.41, 5.74) is 0.302. The Morgan fingerprint density at radius 3 is 2.95 bits per heavy atom. The van der Waals surface area contributed by atoms with Gasteiger partial charge in [0.05, 0.1) is 10.6 Å². The number of hydrogen-bond donors (Lipinski definition) is 1. The Balaban J connectivity index is 1.86. The van der Waals surface area contributed by atoms with Gasteiger partial charge in [-0.3, -0.25) is 14.2 Å². The predicted octanol–water partition coefficient (Wildman–Crippen LogP) is 2.68. The number of rotatable bonds is 5. The lowest BCUT2D eigenvalue weighted by Gasteiger charge is -1.99. The first-order chi connectivity index (χ1) is 10.0. The molecule has 2 heterocycles.